The van der Waals surface area contributed by atoms with Crippen LogP contribution in [-0.2, 0) is 5.75 Å². The lowest BCUT2D eigenvalue weighted by Gasteiger charge is -2.25. The molecule has 2 unspecified atom stereocenters. The van der Waals surface area contributed by atoms with Crippen molar-refractivity contribution in [1.29, 1.82) is 0 Å². The number of hydrogen-bond acceptors (Lipinski definition) is 4. The maximum Gasteiger partial charge on any atom is 0.317 e. The molecule has 2 rings (SSSR count). The van der Waals surface area contributed by atoms with E-state index in [1.54, 1.807) is 28.8 Å². The number of rotatable bonds is 7. The van der Waals surface area contributed by atoms with Gasteiger partial charge in [0.15, 0.2) is 5.76 Å². The Morgan fingerprint density at radius 3 is 2.76 bits per heavy atom. The second-order valence-corrected chi connectivity index (χ2v) is 6.87. The fraction of sp³-hybridized carbons (Fsp3) is 0.647. The number of nitrogens with zero attached hydrogens (tertiary/aromatic N) is 2. The molecule has 8 heteroatoms. The molecule has 1 aromatic heterocycles. The molecule has 0 bridgehead atoms. The van der Waals surface area contributed by atoms with E-state index in [1.165, 1.54) is 4.90 Å². The first kappa shape index (κ1) is 19.6. The molecule has 3 amide bonds. The minimum absolute atomic E-state index is 0.0310. The van der Waals surface area contributed by atoms with Crippen LogP contribution in [0.25, 0.3) is 0 Å². The molecule has 2 heterocycles. The van der Waals surface area contributed by atoms with Gasteiger partial charge in [-0.25, -0.2) is 9.18 Å². The highest BCUT2D eigenvalue weighted by molar-refractivity contribution is 7.97. The Kier molecular flexibility index (Phi) is 7.16. The van der Waals surface area contributed by atoms with Crippen LogP contribution < -0.4 is 5.32 Å². The normalized spacial score (nSPS) is 19.9. The Morgan fingerprint density at radius 1 is 1.40 bits per heavy atom. The van der Waals surface area contributed by atoms with Crippen LogP contribution in [0.5, 0.6) is 0 Å². The highest BCUT2D eigenvalue weighted by Crippen LogP contribution is 2.24. The van der Waals surface area contributed by atoms with Gasteiger partial charge in [0, 0.05) is 26.1 Å². The van der Waals surface area contributed by atoms with E-state index < -0.39 is 6.17 Å². The van der Waals surface area contributed by atoms with E-state index in [9.17, 15) is 14.0 Å². The van der Waals surface area contributed by atoms with Crippen LogP contribution in [-0.4, -0.2) is 66.4 Å². The highest BCUT2D eigenvalue weighted by Gasteiger charge is 2.37. The first-order valence-electron chi connectivity index (χ1n) is 8.55. The molecule has 0 aromatic carbocycles. The summed E-state index contributed by atoms with van der Waals surface area (Å²) < 4.78 is 19.4. The molecular formula is C17H26FN3O3S. The number of carbonyl (C=O) groups is 2. The number of amides is 3. The zero-order valence-corrected chi connectivity index (χ0v) is 15.8. The number of halogens is 1. The summed E-state index contributed by atoms with van der Waals surface area (Å²) in [7, 11) is 0. The topological polar surface area (TPSA) is 65.8 Å². The van der Waals surface area contributed by atoms with Gasteiger partial charge in [0.25, 0.3) is 5.91 Å². The molecule has 1 aliphatic rings. The van der Waals surface area contributed by atoms with Crippen LogP contribution in [0.3, 0.4) is 0 Å². The number of nitrogens with one attached hydrogen (secondary N) is 1. The summed E-state index contributed by atoms with van der Waals surface area (Å²) >= 11 is 1.60. The van der Waals surface area contributed by atoms with E-state index in [4.69, 9.17) is 4.42 Å². The van der Waals surface area contributed by atoms with Crippen LogP contribution in [0, 0.1) is 0 Å². The summed E-state index contributed by atoms with van der Waals surface area (Å²) in [4.78, 5) is 27.8. The third-order valence-electron chi connectivity index (χ3n) is 4.32. The van der Waals surface area contributed by atoms with Crippen LogP contribution >= 0.6 is 11.8 Å². The number of hydrogen-bond donors (Lipinski definition) is 1. The van der Waals surface area contributed by atoms with Crippen molar-refractivity contribution in [3.8, 4) is 0 Å². The molecule has 0 spiro atoms. The first-order valence-corrected chi connectivity index (χ1v) is 9.94. The molecule has 1 N–H and O–H groups in total. The molecular weight excluding hydrogens is 345 g/mol. The van der Waals surface area contributed by atoms with Gasteiger partial charge < -0.3 is 19.5 Å². The van der Waals surface area contributed by atoms with Crippen molar-refractivity contribution >= 4 is 23.7 Å². The molecule has 1 fully saturated rings. The highest BCUT2D eigenvalue weighted by atomic mass is 32.2. The first-order chi connectivity index (χ1) is 12.0. The third-order valence-corrected chi connectivity index (χ3v) is 4.90. The van der Waals surface area contributed by atoms with Gasteiger partial charge in [-0.05, 0) is 32.2 Å². The fourth-order valence-corrected chi connectivity index (χ4v) is 3.42. The number of urea groups is 1. The molecule has 0 radical (unpaired) electrons. The second-order valence-electron chi connectivity index (χ2n) is 6.00. The average molecular weight is 371 g/mol. The lowest BCUT2D eigenvalue weighted by Crippen LogP contribution is -2.47. The van der Waals surface area contributed by atoms with Gasteiger partial charge in [-0.2, -0.15) is 11.8 Å². The van der Waals surface area contributed by atoms with Crippen molar-refractivity contribution in [2.45, 2.75) is 38.2 Å². The number of carbonyl (C=O) groups excluding carboxylic acids is 2. The Bertz CT molecular complexity index is 591. The number of likely N-dealkylation sites (tertiary alicyclic amines) is 1. The van der Waals surface area contributed by atoms with Crippen LogP contribution in [0.1, 0.15) is 36.6 Å². The molecule has 1 aliphatic heterocycles. The fourth-order valence-electron chi connectivity index (χ4n) is 2.98. The summed E-state index contributed by atoms with van der Waals surface area (Å²) in [6, 6.07) is 2.84. The van der Waals surface area contributed by atoms with E-state index in [-0.39, 0.29) is 43.3 Å². The molecule has 1 saturated heterocycles. The van der Waals surface area contributed by atoms with Crippen molar-refractivity contribution in [2.24, 2.45) is 0 Å². The minimum Gasteiger partial charge on any atom is -0.455 e. The zero-order valence-electron chi connectivity index (χ0n) is 15.0. The predicted octanol–water partition coefficient (Wildman–Crippen LogP) is 2.75. The maximum absolute atomic E-state index is 13.9. The minimum atomic E-state index is -1.08. The molecule has 25 heavy (non-hydrogen) atoms. The standard InChI is InChI=1S/C17H26FN3O3S/c1-4-20(5-2)17(23)19-9-13-8-12(18)10-21(13)16(22)15-7-6-14(24-15)11-25-3/h6-7,12-13H,4-5,8-11H2,1-3H3,(H,19,23). The molecule has 2 atom stereocenters. The van der Waals surface area contributed by atoms with Crippen LogP contribution in [0.4, 0.5) is 9.18 Å². The average Bonchev–Trinajstić information content (AvgIpc) is 3.20. The van der Waals surface area contributed by atoms with Gasteiger partial charge in [0.1, 0.15) is 11.9 Å². The van der Waals surface area contributed by atoms with E-state index >= 15 is 0 Å². The quantitative estimate of drug-likeness (QED) is 0.800. The van der Waals surface area contributed by atoms with Gasteiger partial charge >= 0.3 is 6.03 Å². The van der Waals surface area contributed by atoms with Gasteiger partial charge in [0.2, 0.25) is 0 Å². The van der Waals surface area contributed by atoms with Gasteiger partial charge in [0.05, 0.1) is 18.3 Å². The molecule has 1 aromatic rings. The largest absolute Gasteiger partial charge is 0.455 e. The Morgan fingerprint density at radius 2 is 2.12 bits per heavy atom. The zero-order chi connectivity index (χ0) is 18.4. The SMILES string of the molecule is CCN(CC)C(=O)NCC1CC(F)CN1C(=O)c1ccc(CSC)o1. The maximum atomic E-state index is 13.9. The number of alkyl halides is 1. The van der Waals surface area contributed by atoms with Crippen molar-refractivity contribution in [2.75, 3.05) is 32.4 Å². The van der Waals surface area contributed by atoms with Gasteiger partial charge in [-0.15, -0.1) is 0 Å². The lowest BCUT2D eigenvalue weighted by molar-refractivity contribution is 0.0694. The lowest BCUT2D eigenvalue weighted by atomic mass is 10.2. The van der Waals surface area contributed by atoms with E-state index in [0.29, 0.717) is 18.8 Å². The number of furan rings is 1. The van der Waals surface area contributed by atoms with Crippen LogP contribution in [0.2, 0.25) is 0 Å². The summed E-state index contributed by atoms with van der Waals surface area (Å²) in [6.07, 6.45) is 1.09. The van der Waals surface area contributed by atoms with Gasteiger partial charge in [-0.3, -0.25) is 4.79 Å². The summed E-state index contributed by atoms with van der Waals surface area (Å²) in [6.45, 7) is 5.27. The van der Waals surface area contributed by atoms with Crippen molar-refractivity contribution < 1.29 is 18.4 Å². The van der Waals surface area contributed by atoms with Crippen molar-refractivity contribution in [1.82, 2.24) is 15.1 Å². The summed E-state index contributed by atoms with van der Waals surface area (Å²) in [5, 5.41) is 2.80. The van der Waals surface area contributed by atoms with E-state index in [1.807, 2.05) is 20.1 Å². The second kappa shape index (κ2) is 9.12. The Hall–Kier alpha value is -1.70. The summed E-state index contributed by atoms with van der Waals surface area (Å²) in [5.41, 5.74) is 0. The summed E-state index contributed by atoms with van der Waals surface area (Å²) in [5.74, 6) is 1.30. The van der Waals surface area contributed by atoms with E-state index in [2.05, 4.69) is 5.32 Å². The Labute approximate surface area is 152 Å². The molecule has 0 aliphatic carbocycles. The van der Waals surface area contributed by atoms with E-state index in [0.717, 1.165) is 5.76 Å². The monoisotopic (exact) mass is 371 g/mol. The number of thioether (sulfide) groups is 1. The van der Waals surface area contributed by atoms with Crippen molar-refractivity contribution in [3.05, 3.63) is 23.7 Å². The van der Waals surface area contributed by atoms with Crippen LogP contribution in [0.15, 0.2) is 16.5 Å². The third kappa shape index (κ3) is 4.90. The Balaban J connectivity index is 2.00. The molecule has 140 valence electrons. The molecule has 6 nitrogen and oxygen atoms in total. The van der Waals surface area contributed by atoms with Crippen molar-refractivity contribution in [3.63, 3.8) is 0 Å². The smallest absolute Gasteiger partial charge is 0.317 e. The predicted molar refractivity (Wildman–Crippen MR) is 96.6 cm³/mol. The van der Waals surface area contributed by atoms with Gasteiger partial charge in [-0.1, -0.05) is 0 Å². The molecule has 0 saturated carbocycles.